The number of hydrogen-bond donors (Lipinski definition) is 1. The van der Waals surface area contributed by atoms with Gasteiger partial charge in [-0.15, -0.1) is 0 Å². The van der Waals surface area contributed by atoms with Crippen molar-refractivity contribution in [2.75, 3.05) is 6.54 Å². The van der Waals surface area contributed by atoms with E-state index in [-0.39, 0.29) is 35.0 Å². The van der Waals surface area contributed by atoms with Gasteiger partial charge in [-0.3, -0.25) is 19.4 Å². The molecule has 2 aromatic heterocycles. The van der Waals surface area contributed by atoms with E-state index >= 15 is 0 Å². The van der Waals surface area contributed by atoms with E-state index in [1.165, 1.54) is 0 Å². The molecule has 1 aliphatic carbocycles. The molecule has 1 aliphatic heterocycles. The number of amides is 2. The van der Waals surface area contributed by atoms with Gasteiger partial charge >= 0.3 is 0 Å². The van der Waals surface area contributed by atoms with Gasteiger partial charge in [0.05, 0.1) is 6.04 Å². The molecule has 1 saturated carbocycles. The Hall–Kier alpha value is -2.96. The van der Waals surface area contributed by atoms with Crippen molar-refractivity contribution < 1.29 is 9.59 Å². The van der Waals surface area contributed by atoms with Gasteiger partial charge in [0.2, 0.25) is 5.43 Å². The zero-order chi connectivity index (χ0) is 24.1. The number of pyridine rings is 2. The number of hydrogen-bond acceptors (Lipinski definition) is 4. The van der Waals surface area contributed by atoms with E-state index in [1.807, 2.05) is 16.7 Å². The molecule has 182 valence electrons. The van der Waals surface area contributed by atoms with E-state index in [0.717, 1.165) is 56.9 Å². The second-order valence-electron chi connectivity index (χ2n) is 10.1. The molecular formula is C27H36N4O3. The number of likely N-dealkylation sites (tertiary alicyclic amines) is 1. The van der Waals surface area contributed by atoms with Gasteiger partial charge in [0, 0.05) is 43.9 Å². The third-order valence-electron chi connectivity index (χ3n) is 7.04. The summed E-state index contributed by atoms with van der Waals surface area (Å²) in [6.07, 6.45) is 14.5. The SMILES string of the molecule is CC(C)CCn1cc(C(=O)NC2CCCC2)c(=O)c(C(=O)N2CCCCC2c2cccnc2)c1. The molecule has 1 unspecified atom stereocenters. The number of aromatic nitrogens is 2. The molecule has 1 N–H and O–H groups in total. The fraction of sp³-hybridized carbons (Fsp3) is 0.556. The first-order chi connectivity index (χ1) is 16.4. The molecule has 0 spiro atoms. The maximum absolute atomic E-state index is 13.8. The average molecular weight is 465 g/mol. The topological polar surface area (TPSA) is 84.3 Å². The molecular weight excluding hydrogens is 428 g/mol. The summed E-state index contributed by atoms with van der Waals surface area (Å²) in [7, 11) is 0. The first-order valence-electron chi connectivity index (χ1n) is 12.7. The van der Waals surface area contributed by atoms with E-state index in [0.29, 0.717) is 19.0 Å². The number of rotatable bonds is 7. The minimum absolute atomic E-state index is 0.0662. The van der Waals surface area contributed by atoms with E-state index in [1.54, 1.807) is 29.7 Å². The van der Waals surface area contributed by atoms with Crippen LogP contribution in [0.2, 0.25) is 0 Å². The van der Waals surface area contributed by atoms with Crippen molar-refractivity contribution in [2.24, 2.45) is 5.92 Å². The van der Waals surface area contributed by atoms with Gasteiger partial charge in [-0.25, -0.2) is 0 Å². The summed E-state index contributed by atoms with van der Waals surface area (Å²) in [6, 6.07) is 3.84. The second kappa shape index (κ2) is 11.0. The van der Waals surface area contributed by atoms with E-state index < -0.39 is 5.43 Å². The van der Waals surface area contributed by atoms with Gasteiger partial charge in [0.1, 0.15) is 11.1 Å². The van der Waals surface area contributed by atoms with Gasteiger partial charge in [0.15, 0.2) is 0 Å². The van der Waals surface area contributed by atoms with Crippen LogP contribution in [0.1, 0.15) is 97.5 Å². The molecule has 2 amide bonds. The highest BCUT2D eigenvalue weighted by Gasteiger charge is 2.31. The summed E-state index contributed by atoms with van der Waals surface area (Å²) in [5.41, 5.74) is 0.651. The molecule has 2 aliphatic rings. The predicted molar refractivity (Wildman–Crippen MR) is 132 cm³/mol. The zero-order valence-electron chi connectivity index (χ0n) is 20.3. The third-order valence-corrected chi connectivity index (χ3v) is 7.04. The van der Waals surface area contributed by atoms with Gasteiger partial charge < -0.3 is 14.8 Å². The minimum atomic E-state index is -0.475. The Morgan fingerprint density at radius 3 is 2.53 bits per heavy atom. The summed E-state index contributed by atoms with van der Waals surface area (Å²) in [5, 5.41) is 3.02. The molecule has 2 fully saturated rings. The molecule has 1 saturated heterocycles. The number of carbonyl (C=O) groups is 2. The highest BCUT2D eigenvalue weighted by Crippen LogP contribution is 2.31. The van der Waals surface area contributed by atoms with Crippen molar-refractivity contribution in [1.82, 2.24) is 19.8 Å². The van der Waals surface area contributed by atoms with E-state index in [4.69, 9.17) is 0 Å². The highest BCUT2D eigenvalue weighted by atomic mass is 16.2. The summed E-state index contributed by atoms with van der Waals surface area (Å²) in [6.45, 7) is 5.50. The first-order valence-corrected chi connectivity index (χ1v) is 12.7. The van der Waals surface area contributed by atoms with E-state index in [2.05, 4.69) is 24.1 Å². The lowest BCUT2D eigenvalue weighted by molar-refractivity contribution is 0.0609. The fourth-order valence-corrected chi connectivity index (χ4v) is 5.06. The van der Waals surface area contributed by atoms with Crippen LogP contribution in [0, 0.1) is 5.92 Å². The van der Waals surface area contributed by atoms with Crippen LogP contribution in [0.25, 0.3) is 0 Å². The van der Waals surface area contributed by atoms with Crippen LogP contribution in [0.5, 0.6) is 0 Å². The monoisotopic (exact) mass is 464 g/mol. The van der Waals surface area contributed by atoms with Crippen molar-refractivity contribution in [2.45, 2.75) is 83.8 Å². The normalized spacial score (nSPS) is 18.9. The molecule has 7 nitrogen and oxygen atoms in total. The smallest absolute Gasteiger partial charge is 0.259 e. The van der Waals surface area contributed by atoms with Crippen LogP contribution >= 0.6 is 0 Å². The Morgan fingerprint density at radius 2 is 1.82 bits per heavy atom. The summed E-state index contributed by atoms with van der Waals surface area (Å²) < 4.78 is 1.85. The minimum Gasteiger partial charge on any atom is -0.352 e. The van der Waals surface area contributed by atoms with Gasteiger partial charge in [-0.2, -0.15) is 0 Å². The molecule has 2 aromatic rings. The van der Waals surface area contributed by atoms with Crippen molar-refractivity contribution in [3.05, 3.63) is 63.8 Å². The lowest BCUT2D eigenvalue weighted by Gasteiger charge is -2.36. The number of carbonyl (C=O) groups excluding carboxylic acids is 2. The van der Waals surface area contributed by atoms with Crippen LogP contribution in [0.4, 0.5) is 0 Å². The quantitative estimate of drug-likeness (QED) is 0.661. The molecule has 0 bridgehead atoms. The Bertz CT molecular complexity index is 1060. The van der Waals surface area contributed by atoms with E-state index in [9.17, 15) is 14.4 Å². The zero-order valence-corrected chi connectivity index (χ0v) is 20.3. The van der Waals surface area contributed by atoms with Crippen molar-refractivity contribution in [1.29, 1.82) is 0 Å². The summed E-state index contributed by atoms with van der Waals surface area (Å²) in [4.78, 5) is 46.4. The van der Waals surface area contributed by atoms with Gasteiger partial charge in [-0.05, 0) is 56.1 Å². The van der Waals surface area contributed by atoms with Crippen molar-refractivity contribution in [3.8, 4) is 0 Å². The Labute approximate surface area is 201 Å². The van der Waals surface area contributed by atoms with Crippen LogP contribution < -0.4 is 10.7 Å². The lowest BCUT2D eigenvalue weighted by Crippen LogP contribution is -2.42. The standard InChI is InChI=1S/C27H36N4O3/c1-19(2)12-15-30-17-22(26(33)29-21-9-3-4-10-21)25(32)23(18-30)27(34)31-14-6-5-11-24(31)20-8-7-13-28-16-20/h7-8,13,16-19,21,24H,3-6,9-12,14-15H2,1-2H3,(H,29,33). The molecule has 34 heavy (non-hydrogen) atoms. The van der Waals surface area contributed by atoms with Crippen LogP contribution in [-0.2, 0) is 6.54 Å². The molecule has 1 atom stereocenters. The molecule has 0 radical (unpaired) electrons. The largest absolute Gasteiger partial charge is 0.352 e. The number of piperidine rings is 1. The number of aryl methyl sites for hydroxylation is 1. The Morgan fingerprint density at radius 1 is 1.09 bits per heavy atom. The first kappa shape index (κ1) is 24.2. The fourth-order valence-electron chi connectivity index (χ4n) is 5.06. The average Bonchev–Trinajstić information content (AvgIpc) is 3.36. The second-order valence-corrected chi connectivity index (χ2v) is 10.1. The van der Waals surface area contributed by atoms with Crippen LogP contribution in [-0.4, -0.2) is 38.9 Å². The van der Waals surface area contributed by atoms with Crippen molar-refractivity contribution >= 4 is 11.8 Å². The Balaban J connectivity index is 1.68. The highest BCUT2D eigenvalue weighted by molar-refractivity contribution is 5.99. The van der Waals surface area contributed by atoms with Crippen molar-refractivity contribution in [3.63, 3.8) is 0 Å². The molecule has 7 heteroatoms. The maximum atomic E-state index is 13.8. The van der Waals surface area contributed by atoms with Crippen LogP contribution in [0.3, 0.4) is 0 Å². The van der Waals surface area contributed by atoms with Crippen LogP contribution in [0.15, 0.2) is 41.7 Å². The predicted octanol–water partition coefficient (Wildman–Crippen LogP) is 4.33. The number of nitrogens with one attached hydrogen (secondary N) is 1. The molecule has 3 heterocycles. The van der Waals surface area contributed by atoms with Gasteiger partial charge in [0.25, 0.3) is 11.8 Å². The summed E-state index contributed by atoms with van der Waals surface area (Å²) in [5.74, 6) is -0.203. The lowest BCUT2D eigenvalue weighted by atomic mass is 9.95. The summed E-state index contributed by atoms with van der Waals surface area (Å²) >= 11 is 0. The third kappa shape index (κ3) is 5.57. The number of nitrogens with zero attached hydrogens (tertiary/aromatic N) is 3. The maximum Gasteiger partial charge on any atom is 0.259 e. The Kier molecular flexibility index (Phi) is 7.80. The molecule has 0 aromatic carbocycles. The van der Waals surface area contributed by atoms with Gasteiger partial charge in [-0.1, -0.05) is 32.8 Å². The molecule has 4 rings (SSSR count).